The predicted octanol–water partition coefficient (Wildman–Crippen LogP) is 6.02. The van der Waals surface area contributed by atoms with Gasteiger partial charge in [-0.05, 0) is 89.5 Å². The van der Waals surface area contributed by atoms with Crippen LogP contribution in [0.5, 0.6) is 0 Å². The lowest BCUT2D eigenvalue weighted by molar-refractivity contribution is 0.173. The van der Waals surface area contributed by atoms with E-state index in [1.165, 1.54) is 12.0 Å². The van der Waals surface area contributed by atoms with E-state index >= 15 is 0 Å². The number of aromatic nitrogens is 5. The molecule has 0 spiro atoms. The third-order valence-electron chi connectivity index (χ3n) is 8.00. The molecule has 1 atom stereocenters. The van der Waals surface area contributed by atoms with E-state index in [0.717, 1.165) is 53.5 Å². The van der Waals surface area contributed by atoms with Crippen molar-refractivity contribution in [2.24, 2.45) is 0 Å². The zero-order valence-corrected chi connectivity index (χ0v) is 22.5. The third-order valence-corrected chi connectivity index (χ3v) is 8.00. The van der Waals surface area contributed by atoms with Crippen LogP contribution >= 0.6 is 0 Å². The first-order valence-electron chi connectivity index (χ1n) is 13.8. The lowest BCUT2D eigenvalue weighted by atomic mass is 9.95. The highest BCUT2D eigenvalue weighted by Gasteiger charge is 2.33. The second kappa shape index (κ2) is 11.0. The molecule has 8 heteroatoms. The Balaban J connectivity index is 1.53. The molecule has 2 aromatic carbocycles. The van der Waals surface area contributed by atoms with Gasteiger partial charge < -0.3 is 9.40 Å². The van der Waals surface area contributed by atoms with Crippen LogP contribution in [0, 0.1) is 13.8 Å². The summed E-state index contributed by atoms with van der Waals surface area (Å²) in [6.45, 7) is 5.25. The summed E-state index contributed by atoms with van der Waals surface area (Å²) in [6.07, 6.45) is 7.31. The number of H-pyrrole nitrogens is 1. The predicted molar refractivity (Wildman–Crippen MR) is 150 cm³/mol. The molecule has 200 valence electrons. The van der Waals surface area contributed by atoms with Crippen LogP contribution in [0.25, 0.3) is 10.9 Å². The van der Waals surface area contributed by atoms with Crippen LogP contribution in [0.2, 0.25) is 0 Å². The molecule has 1 fully saturated rings. The highest BCUT2D eigenvalue weighted by molar-refractivity contribution is 5.81. The zero-order valence-electron chi connectivity index (χ0n) is 22.5. The van der Waals surface area contributed by atoms with E-state index in [9.17, 15) is 4.79 Å². The smallest absolute Gasteiger partial charge is 0.253 e. The Morgan fingerprint density at radius 3 is 2.56 bits per heavy atom. The molecule has 3 heterocycles. The van der Waals surface area contributed by atoms with E-state index in [1.54, 1.807) is 6.26 Å². The molecule has 0 radical (unpaired) electrons. The van der Waals surface area contributed by atoms with Crippen molar-refractivity contribution in [3.05, 3.63) is 111 Å². The molecule has 1 N–H and O–H groups in total. The van der Waals surface area contributed by atoms with Gasteiger partial charge in [0.2, 0.25) is 0 Å². The highest BCUT2D eigenvalue weighted by Crippen LogP contribution is 2.34. The number of aromatic amines is 1. The minimum atomic E-state index is -0.484. The second-order valence-corrected chi connectivity index (χ2v) is 10.7. The van der Waals surface area contributed by atoms with Gasteiger partial charge in [-0.2, -0.15) is 0 Å². The molecular weight excluding hydrogens is 488 g/mol. The first-order valence-corrected chi connectivity index (χ1v) is 13.8. The van der Waals surface area contributed by atoms with Gasteiger partial charge in [0.15, 0.2) is 5.82 Å². The summed E-state index contributed by atoms with van der Waals surface area (Å²) in [5.41, 5.74) is 4.78. The van der Waals surface area contributed by atoms with Crippen molar-refractivity contribution < 1.29 is 4.42 Å². The molecule has 1 aliphatic rings. The maximum absolute atomic E-state index is 13.8. The molecule has 5 aromatic rings. The van der Waals surface area contributed by atoms with Crippen molar-refractivity contribution >= 4 is 10.9 Å². The standard InChI is InChI=1S/C31H34N6O2/c1-21-16-24-18-27(31(38)32-28(24)17-22(21)2)29(30-33-34-35-37(30)25-12-7-4-8-13-25)36(20-26-14-9-15-39-26)19-23-10-5-3-6-11-23/h3,5-6,9-11,14-18,25,29H,4,7-8,12-13,19-20H2,1-2H3,(H,32,38). The van der Waals surface area contributed by atoms with Crippen LogP contribution in [-0.2, 0) is 13.1 Å². The second-order valence-electron chi connectivity index (χ2n) is 10.7. The van der Waals surface area contributed by atoms with Crippen molar-refractivity contribution in [1.82, 2.24) is 30.1 Å². The van der Waals surface area contributed by atoms with Gasteiger partial charge in [-0.15, -0.1) is 5.10 Å². The molecule has 39 heavy (non-hydrogen) atoms. The fourth-order valence-electron chi connectivity index (χ4n) is 5.82. The molecule has 3 aromatic heterocycles. The van der Waals surface area contributed by atoms with Gasteiger partial charge in [-0.25, -0.2) is 4.68 Å². The first kappa shape index (κ1) is 25.2. The number of furan rings is 1. The van der Waals surface area contributed by atoms with E-state index in [-0.39, 0.29) is 11.6 Å². The maximum Gasteiger partial charge on any atom is 0.253 e. The molecule has 8 nitrogen and oxygen atoms in total. The summed E-state index contributed by atoms with van der Waals surface area (Å²) in [5, 5.41) is 14.2. The quantitative estimate of drug-likeness (QED) is 0.268. The number of hydrogen-bond acceptors (Lipinski definition) is 6. The summed E-state index contributed by atoms with van der Waals surface area (Å²) in [5.74, 6) is 1.51. The Morgan fingerprint density at radius 1 is 1.00 bits per heavy atom. The van der Waals surface area contributed by atoms with Gasteiger partial charge in [0.05, 0.1) is 18.8 Å². The summed E-state index contributed by atoms with van der Waals surface area (Å²) in [4.78, 5) is 19.2. The van der Waals surface area contributed by atoms with E-state index in [1.807, 2.05) is 47.1 Å². The van der Waals surface area contributed by atoms with Gasteiger partial charge in [-0.3, -0.25) is 9.69 Å². The first-order chi connectivity index (χ1) is 19.1. The van der Waals surface area contributed by atoms with Gasteiger partial charge in [0, 0.05) is 17.6 Å². The van der Waals surface area contributed by atoms with Crippen molar-refractivity contribution in [3.8, 4) is 0 Å². The Hall–Kier alpha value is -4.04. The van der Waals surface area contributed by atoms with Crippen molar-refractivity contribution in [2.75, 3.05) is 0 Å². The minimum absolute atomic E-state index is 0.133. The summed E-state index contributed by atoms with van der Waals surface area (Å²) in [7, 11) is 0. The van der Waals surface area contributed by atoms with Gasteiger partial charge >= 0.3 is 0 Å². The van der Waals surface area contributed by atoms with Crippen LogP contribution in [0.3, 0.4) is 0 Å². The fraction of sp³-hybridized carbons (Fsp3) is 0.355. The molecule has 0 aliphatic heterocycles. The topological polar surface area (TPSA) is 92.8 Å². The van der Waals surface area contributed by atoms with Crippen LogP contribution in [-0.4, -0.2) is 30.1 Å². The maximum atomic E-state index is 13.8. The van der Waals surface area contributed by atoms with E-state index in [2.05, 4.69) is 57.5 Å². The SMILES string of the molecule is Cc1cc2cc(C(c3nnnn3C3CCCCC3)N(Cc3ccccc3)Cc3ccco3)c(=O)[nH]c2cc1C. The Morgan fingerprint density at radius 2 is 1.79 bits per heavy atom. The number of benzene rings is 2. The number of hydrogen-bond donors (Lipinski definition) is 1. The van der Waals surface area contributed by atoms with Crippen LogP contribution in [0.1, 0.15) is 78.0 Å². The molecule has 0 saturated heterocycles. The van der Waals surface area contributed by atoms with Crippen molar-refractivity contribution in [1.29, 1.82) is 0 Å². The molecule has 1 saturated carbocycles. The van der Waals surface area contributed by atoms with Crippen molar-refractivity contribution in [3.63, 3.8) is 0 Å². The van der Waals surface area contributed by atoms with E-state index < -0.39 is 6.04 Å². The minimum Gasteiger partial charge on any atom is -0.468 e. The average molecular weight is 523 g/mol. The Labute approximate surface area is 227 Å². The number of aryl methyl sites for hydroxylation is 2. The van der Waals surface area contributed by atoms with Crippen LogP contribution in [0.4, 0.5) is 0 Å². The van der Waals surface area contributed by atoms with E-state index in [0.29, 0.717) is 24.5 Å². The van der Waals surface area contributed by atoms with Gasteiger partial charge in [0.25, 0.3) is 5.56 Å². The van der Waals surface area contributed by atoms with E-state index in [4.69, 9.17) is 4.42 Å². The lowest BCUT2D eigenvalue weighted by Crippen LogP contribution is -2.35. The summed E-state index contributed by atoms with van der Waals surface area (Å²) in [6, 6.07) is 20.1. The van der Waals surface area contributed by atoms with Gasteiger partial charge in [-0.1, -0.05) is 49.6 Å². The van der Waals surface area contributed by atoms with Crippen LogP contribution in [0.15, 0.2) is 76.1 Å². The lowest BCUT2D eigenvalue weighted by Gasteiger charge is -2.32. The van der Waals surface area contributed by atoms with Crippen LogP contribution < -0.4 is 5.56 Å². The molecule has 6 rings (SSSR count). The summed E-state index contributed by atoms with van der Waals surface area (Å²) < 4.78 is 7.78. The number of nitrogens with zero attached hydrogens (tertiary/aromatic N) is 5. The number of tetrazole rings is 1. The fourth-order valence-corrected chi connectivity index (χ4v) is 5.82. The molecule has 0 amide bonds. The molecule has 1 unspecified atom stereocenters. The monoisotopic (exact) mass is 522 g/mol. The van der Waals surface area contributed by atoms with Gasteiger partial charge in [0.1, 0.15) is 11.8 Å². The number of rotatable bonds is 8. The number of pyridine rings is 1. The summed E-state index contributed by atoms with van der Waals surface area (Å²) >= 11 is 0. The Kier molecular flexibility index (Phi) is 7.11. The normalized spacial score (nSPS) is 15.3. The average Bonchev–Trinajstić information content (AvgIpc) is 3.64. The molecule has 0 bridgehead atoms. The Bertz CT molecular complexity index is 1600. The zero-order chi connectivity index (χ0) is 26.8. The molecular formula is C31H34N6O2. The molecule has 1 aliphatic carbocycles. The van der Waals surface area contributed by atoms with Crippen molar-refractivity contribution in [2.45, 2.75) is 71.1 Å². The third kappa shape index (κ3) is 5.29. The number of fused-ring (bicyclic) bond motifs is 1. The highest BCUT2D eigenvalue weighted by atomic mass is 16.3. The number of nitrogens with one attached hydrogen (secondary N) is 1. The largest absolute Gasteiger partial charge is 0.468 e.